The quantitative estimate of drug-likeness (QED) is 0.244. The van der Waals surface area contributed by atoms with Gasteiger partial charge in [-0.15, -0.1) is 10.2 Å². The van der Waals surface area contributed by atoms with E-state index >= 15 is 0 Å². The molecule has 3 rings (SSSR count). The summed E-state index contributed by atoms with van der Waals surface area (Å²) in [4.78, 5) is 34.7. The van der Waals surface area contributed by atoms with Gasteiger partial charge >= 0.3 is 0 Å². The first-order chi connectivity index (χ1) is 14.3. The predicted molar refractivity (Wildman–Crippen MR) is 116 cm³/mol. The minimum atomic E-state index is -0.570. The summed E-state index contributed by atoms with van der Waals surface area (Å²) in [7, 11) is 0. The number of hydrogen-bond donors (Lipinski definition) is 2. The number of amides is 2. The molecule has 11 heteroatoms. The summed E-state index contributed by atoms with van der Waals surface area (Å²) in [6, 6.07) is 11.2. The zero-order valence-corrected chi connectivity index (χ0v) is 17.7. The van der Waals surface area contributed by atoms with E-state index in [0.29, 0.717) is 4.34 Å². The van der Waals surface area contributed by atoms with E-state index in [1.165, 1.54) is 36.0 Å². The molecule has 9 nitrogen and oxygen atoms in total. The topological polar surface area (TPSA) is 127 Å². The first-order valence-electron chi connectivity index (χ1n) is 8.70. The van der Waals surface area contributed by atoms with Crippen molar-refractivity contribution in [3.63, 3.8) is 0 Å². The lowest BCUT2D eigenvalue weighted by molar-refractivity contribution is -0.384. The number of anilines is 2. The number of nitro benzene ring substituents is 1. The fourth-order valence-electron chi connectivity index (χ4n) is 2.62. The van der Waals surface area contributed by atoms with Gasteiger partial charge < -0.3 is 5.32 Å². The van der Waals surface area contributed by atoms with Crippen LogP contribution in [0.3, 0.4) is 0 Å². The van der Waals surface area contributed by atoms with E-state index in [2.05, 4.69) is 20.8 Å². The molecule has 0 spiro atoms. The number of rotatable bonds is 7. The Hall–Kier alpha value is -3.31. The molecule has 0 radical (unpaired) electrons. The van der Waals surface area contributed by atoms with Gasteiger partial charge in [-0.3, -0.25) is 25.0 Å². The van der Waals surface area contributed by atoms with Gasteiger partial charge in [0.2, 0.25) is 11.0 Å². The monoisotopic (exact) mass is 443 g/mol. The molecule has 154 valence electrons. The van der Waals surface area contributed by atoms with Gasteiger partial charge in [0.15, 0.2) is 4.34 Å². The molecule has 0 atom stereocenters. The highest BCUT2D eigenvalue weighted by atomic mass is 32.2. The number of aryl methyl sites for hydroxylation is 2. The van der Waals surface area contributed by atoms with Gasteiger partial charge in [-0.2, -0.15) is 0 Å². The summed E-state index contributed by atoms with van der Waals surface area (Å²) < 4.78 is 0.514. The van der Waals surface area contributed by atoms with E-state index in [4.69, 9.17) is 0 Å². The third-order valence-electron chi connectivity index (χ3n) is 3.78. The molecule has 0 bridgehead atoms. The summed E-state index contributed by atoms with van der Waals surface area (Å²) in [6.07, 6.45) is 0. The molecule has 0 saturated heterocycles. The van der Waals surface area contributed by atoms with Crippen LogP contribution in [0, 0.1) is 24.0 Å². The van der Waals surface area contributed by atoms with Crippen molar-refractivity contribution in [2.75, 3.05) is 16.4 Å². The molecular weight excluding hydrogens is 426 g/mol. The molecular formula is C19H17N5O4S2. The molecule has 0 aliphatic rings. The molecule has 0 aliphatic heterocycles. The maximum absolute atomic E-state index is 12.3. The van der Waals surface area contributed by atoms with Crippen molar-refractivity contribution in [1.82, 2.24) is 10.2 Å². The van der Waals surface area contributed by atoms with E-state index in [1.54, 1.807) is 0 Å². The van der Waals surface area contributed by atoms with Gasteiger partial charge in [-0.1, -0.05) is 35.2 Å². The van der Waals surface area contributed by atoms with Crippen LogP contribution in [0.2, 0.25) is 0 Å². The van der Waals surface area contributed by atoms with Crippen LogP contribution in [-0.4, -0.2) is 32.7 Å². The molecule has 1 heterocycles. The lowest BCUT2D eigenvalue weighted by Gasteiger charge is -2.06. The van der Waals surface area contributed by atoms with Crippen LogP contribution in [0.15, 0.2) is 46.8 Å². The third-order valence-corrected chi connectivity index (χ3v) is 5.75. The number of carbonyl (C=O) groups is 2. The van der Waals surface area contributed by atoms with Gasteiger partial charge in [0.25, 0.3) is 11.6 Å². The van der Waals surface area contributed by atoms with Gasteiger partial charge in [0.05, 0.1) is 10.7 Å². The predicted octanol–water partition coefficient (Wildman–Crippen LogP) is 4.05. The normalized spacial score (nSPS) is 10.5. The minimum Gasteiger partial charge on any atom is -0.325 e. The van der Waals surface area contributed by atoms with Gasteiger partial charge in [0, 0.05) is 23.4 Å². The maximum Gasteiger partial charge on any atom is 0.270 e. The molecule has 3 aromatic rings. The van der Waals surface area contributed by atoms with E-state index in [0.717, 1.165) is 28.2 Å². The minimum absolute atomic E-state index is 0.139. The number of non-ortho nitro benzene ring substituents is 1. The number of aromatic nitrogens is 2. The van der Waals surface area contributed by atoms with Crippen LogP contribution in [0.4, 0.5) is 16.5 Å². The van der Waals surface area contributed by atoms with Crippen molar-refractivity contribution in [1.29, 1.82) is 0 Å². The molecule has 0 aliphatic carbocycles. The molecule has 1 aromatic heterocycles. The Balaban J connectivity index is 1.54. The average Bonchev–Trinajstić information content (AvgIpc) is 3.13. The van der Waals surface area contributed by atoms with E-state index < -0.39 is 10.8 Å². The molecule has 2 amide bonds. The van der Waals surface area contributed by atoms with Crippen LogP contribution in [0.1, 0.15) is 21.5 Å². The zero-order chi connectivity index (χ0) is 21.7. The molecule has 30 heavy (non-hydrogen) atoms. The number of carbonyl (C=O) groups excluding carboxylic acids is 2. The summed E-state index contributed by atoms with van der Waals surface area (Å²) in [5.41, 5.74) is 2.82. The fourth-order valence-corrected chi connectivity index (χ4v) is 4.17. The van der Waals surface area contributed by atoms with Crippen molar-refractivity contribution in [3.8, 4) is 0 Å². The smallest absolute Gasteiger partial charge is 0.270 e. The molecule has 0 fully saturated rings. The highest BCUT2D eigenvalue weighted by Gasteiger charge is 2.14. The van der Waals surface area contributed by atoms with E-state index in [1.807, 2.05) is 32.0 Å². The van der Waals surface area contributed by atoms with Crippen molar-refractivity contribution >= 4 is 51.4 Å². The van der Waals surface area contributed by atoms with Crippen molar-refractivity contribution in [3.05, 3.63) is 69.3 Å². The highest BCUT2D eigenvalue weighted by Crippen LogP contribution is 2.26. The number of hydrogen-bond acceptors (Lipinski definition) is 8. The molecule has 2 aromatic carbocycles. The Morgan fingerprint density at radius 2 is 1.83 bits per heavy atom. The van der Waals surface area contributed by atoms with Crippen LogP contribution >= 0.6 is 23.1 Å². The Labute approximate surface area is 180 Å². The molecule has 0 saturated carbocycles. The van der Waals surface area contributed by atoms with Crippen LogP contribution in [-0.2, 0) is 4.79 Å². The second kappa shape index (κ2) is 9.46. The number of nitro groups is 1. The summed E-state index contributed by atoms with van der Waals surface area (Å²) in [5, 5.41) is 24.3. The number of nitrogens with one attached hydrogen (secondary N) is 2. The van der Waals surface area contributed by atoms with Crippen LogP contribution < -0.4 is 10.6 Å². The highest BCUT2D eigenvalue weighted by molar-refractivity contribution is 8.01. The summed E-state index contributed by atoms with van der Waals surface area (Å²) >= 11 is 2.31. The lowest BCUT2D eigenvalue weighted by atomic mass is 10.1. The summed E-state index contributed by atoms with van der Waals surface area (Å²) in [6.45, 7) is 3.92. The largest absolute Gasteiger partial charge is 0.325 e. The van der Waals surface area contributed by atoms with Crippen molar-refractivity contribution in [2.45, 2.75) is 18.2 Å². The molecule has 2 N–H and O–H groups in total. The first kappa shape index (κ1) is 21.4. The van der Waals surface area contributed by atoms with Crippen molar-refractivity contribution < 1.29 is 14.5 Å². The number of benzene rings is 2. The Morgan fingerprint density at radius 1 is 1.10 bits per heavy atom. The fraction of sp³-hybridized carbons (Fsp3) is 0.158. The Bertz CT molecular complexity index is 1100. The van der Waals surface area contributed by atoms with Gasteiger partial charge in [-0.25, -0.2) is 0 Å². The van der Waals surface area contributed by atoms with Crippen molar-refractivity contribution in [2.24, 2.45) is 0 Å². The second-order valence-corrected chi connectivity index (χ2v) is 8.55. The van der Waals surface area contributed by atoms with Crippen LogP contribution in [0.5, 0.6) is 0 Å². The number of nitrogens with zero attached hydrogens (tertiary/aromatic N) is 3. The lowest BCUT2D eigenvalue weighted by Crippen LogP contribution is -2.14. The standard InChI is InChI=1S/C19H17N5O4S2/c1-11-6-12(2)8-14(7-11)20-16(25)10-29-19-23-22-18(30-19)21-17(26)13-4-3-5-15(9-13)24(27)28/h3-9H,10H2,1-2H3,(H,20,25)(H,21,22,26). The maximum atomic E-state index is 12.3. The second-order valence-electron chi connectivity index (χ2n) is 6.35. The molecule has 0 unspecified atom stereocenters. The van der Waals surface area contributed by atoms with E-state index in [9.17, 15) is 19.7 Å². The zero-order valence-electron chi connectivity index (χ0n) is 16.0. The average molecular weight is 444 g/mol. The summed E-state index contributed by atoms with van der Waals surface area (Å²) in [5.74, 6) is -0.568. The van der Waals surface area contributed by atoms with Gasteiger partial charge in [-0.05, 0) is 43.2 Å². The van der Waals surface area contributed by atoms with Crippen LogP contribution in [0.25, 0.3) is 0 Å². The first-order valence-corrected chi connectivity index (χ1v) is 10.5. The van der Waals surface area contributed by atoms with Gasteiger partial charge in [0.1, 0.15) is 0 Å². The Morgan fingerprint density at radius 3 is 2.53 bits per heavy atom. The third kappa shape index (κ3) is 5.84. The number of thioether (sulfide) groups is 1. The SMILES string of the molecule is Cc1cc(C)cc(NC(=O)CSc2nnc(NC(=O)c3cccc([N+](=O)[O-])c3)s2)c1. The Kier molecular flexibility index (Phi) is 6.75. The van der Waals surface area contributed by atoms with E-state index in [-0.39, 0.29) is 28.0 Å².